The maximum absolute atomic E-state index is 16.6. The number of hydrogen-bond acceptors (Lipinski definition) is 9. The van der Waals surface area contributed by atoms with Gasteiger partial charge in [-0.1, -0.05) is 29.8 Å². The summed E-state index contributed by atoms with van der Waals surface area (Å²) >= 11 is 5.96. The van der Waals surface area contributed by atoms with Crippen molar-refractivity contribution in [2.75, 3.05) is 57.8 Å². The lowest BCUT2D eigenvalue weighted by Crippen LogP contribution is -2.55. The Hall–Kier alpha value is -4.13. The van der Waals surface area contributed by atoms with Crippen LogP contribution >= 0.6 is 11.6 Å². The number of halogens is 6. The Labute approximate surface area is 296 Å². The first-order valence-electron chi connectivity index (χ1n) is 16.9. The summed E-state index contributed by atoms with van der Waals surface area (Å²) in [6.45, 7) is 2.60. The number of nitriles is 1. The van der Waals surface area contributed by atoms with Crippen LogP contribution in [0, 0.1) is 17.1 Å². The molecule has 1 aromatic carbocycles. The van der Waals surface area contributed by atoms with E-state index >= 15 is 4.39 Å². The topological polar surface area (TPSA) is 102 Å². The van der Waals surface area contributed by atoms with Crippen molar-refractivity contribution in [3.05, 3.63) is 53.0 Å². The third kappa shape index (κ3) is 6.69. The number of hydrogen-bond donors (Lipinski definition) is 0. The predicted octanol–water partition coefficient (Wildman–Crippen LogP) is 5.65. The van der Waals surface area contributed by atoms with Gasteiger partial charge in [0.25, 0.3) is 0 Å². The molecule has 0 saturated carbocycles. The summed E-state index contributed by atoms with van der Waals surface area (Å²) in [6, 6.07) is 4.99. The molecule has 0 N–H and O–H groups in total. The average molecular weight is 731 g/mol. The minimum atomic E-state index is -4.90. The second kappa shape index (κ2) is 13.8. The molecule has 51 heavy (non-hydrogen) atoms. The van der Waals surface area contributed by atoms with Gasteiger partial charge >= 0.3 is 12.2 Å². The summed E-state index contributed by atoms with van der Waals surface area (Å²) < 4.78 is 79.6. The molecular formula is C35H36ClF5N8O2. The number of anilines is 1. The van der Waals surface area contributed by atoms with Crippen LogP contribution in [-0.2, 0) is 11.0 Å². The Morgan fingerprint density at radius 1 is 1.20 bits per heavy atom. The minimum Gasteiger partial charge on any atom is -0.461 e. The van der Waals surface area contributed by atoms with E-state index in [1.54, 1.807) is 9.80 Å². The van der Waals surface area contributed by atoms with E-state index < -0.39 is 51.6 Å². The van der Waals surface area contributed by atoms with Crippen molar-refractivity contribution in [1.82, 2.24) is 29.7 Å². The molecule has 0 bridgehead atoms. The summed E-state index contributed by atoms with van der Waals surface area (Å²) in [5, 5.41) is 9.17. The highest BCUT2D eigenvalue weighted by atomic mass is 35.5. The molecule has 0 radical (unpaired) electrons. The van der Waals surface area contributed by atoms with Gasteiger partial charge in [-0.05, 0) is 38.9 Å². The van der Waals surface area contributed by atoms with Crippen LogP contribution in [0.25, 0.3) is 22.2 Å². The van der Waals surface area contributed by atoms with Crippen LogP contribution in [-0.4, -0.2) is 112 Å². The molecule has 1 amide bonds. The molecule has 4 aliphatic rings. The SMILES string of the molecule is CN1CC[C@@H]1/C=C/C(=O)N1CCN(c2nc(OC[C@@]34CCCN3C[C@H](F)C4)nc3c(F)c(-c4cccc(Cl)c4C(F)(F)F)ncc23)C[C@@H]1CC#N. The Morgan fingerprint density at radius 3 is 2.75 bits per heavy atom. The van der Waals surface area contributed by atoms with Gasteiger partial charge in [-0.15, -0.1) is 0 Å². The van der Waals surface area contributed by atoms with Crippen LogP contribution in [0.4, 0.5) is 27.8 Å². The molecule has 7 rings (SSSR count). The smallest absolute Gasteiger partial charge is 0.418 e. The van der Waals surface area contributed by atoms with Crippen LogP contribution in [0.5, 0.6) is 6.01 Å². The molecule has 0 unspecified atom stereocenters. The molecule has 10 nitrogen and oxygen atoms in total. The normalized spacial score (nSPS) is 25.7. The first kappa shape index (κ1) is 35.3. The molecule has 4 fully saturated rings. The summed E-state index contributed by atoms with van der Waals surface area (Å²) in [7, 11) is 1.98. The number of piperazine rings is 1. The van der Waals surface area contributed by atoms with Crippen molar-refractivity contribution in [2.24, 2.45) is 0 Å². The number of aromatic nitrogens is 3. The van der Waals surface area contributed by atoms with Crippen LogP contribution < -0.4 is 9.64 Å². The maximum Gasteiger partial charge on any atom is 0.418 e. The monoisotopic (exact) mass is 730 g/mol. The van der Waals surface area contributed by atoms with Crippen molar-refractivity contribution in [2.45, 2.75) is 62.1 Å². The molecule has 6 heterocycles. The molecule has 270 valence electrons. The Kier molecular flexibility index (Phi) is 9.53. The Balaban J connectivity index is 1.26. The summed E-state index contributed by atoms with van der Waals surface area (Å²) in [5.41, 5.74) is -3.30. The maximum atomic E-state index is 16.6. The zero-order valence-electron chi connectivity index (χ0n) is 27.8. The summed E-state index contributed by atoms with van der Waals surface area (Å²) in [5.74, 6) is -1.17. The minimum absolute atomic E-state index is 0.0142. The Morgan fingerprint density at radius 2 is 2.02 bits per heavy atom. The fraction of sp³-hybridized carbons (Fsp3) is 0.514. The number of fused-ring (bicyclic) bond motifs is 2. The Bertz CT molecular complexity index is 1910. The zero-order chi connectivity index (χ0) is 36.1. The van der Waals surface area contributed by atoms with E-state index in [1.807, 2.05) is 18.0 Å². The van der Waals surface area contributed by atoms with Gasteiger partial charge in [0, 0.05) is 63.0 Å². The first-order chi connectivity index (χ1) is 24.4. The van der Waals surface area contributed by atoms with Gasteiger partial charge in [-0.3, -0.25) is 19.6 Å². The second-order valence-electron chi connectivity index (χ2n) is 13.7. The van der Waals surface area contributed by atoms with Gasteiger partial charge in [0.2, 0.25) is 5.91 Å². The first-order valence-corrected chi connectivity index (χ1v) is 17.3. The molecule has 4 saturated heterocycles. The molecule has 16 heteroatoms. The lowest BCUT2D eigenvalue weighted by molar-refractivity contribution is -0.137. The molecule has 0 aliphatic carbocycles. The number of amides is 1. The lowest BCUT2D eigenvalue weighted by Gasteiger charge is -2.41. The van der Waals surface area contributed by atoms with E-state index in [4.69, 9.17) is 16.3 Å². The van der Waals surface area contributed by atoms with Gasteiger partial charge in [0.1, 0.15) is 29.8 Å². The van der Waals surface area contributed by atoms with E-state index in [-0.39, 0.29) is 80.3 Å². The molecule has 0 spiro atoms. The van der Waals surface area contributed by atoms with Crippen LogP contribution in [0.15, 0.2) is 36.5 Å². The van der Waals surface area contributed by atoms with Crippen molar-refractivity contribution in [1.29, 1.82) is 5.26 Å². The van der Waals surface area contributed by atoms with Gasteiger partial charge < -0.3 is 14.5 Å². The number of carbonyl (C=O) groups excluding carboxylic acids is 1. The van der Waals surface area contributed by atoms with E-state index in [0.717, 1.165) is 31.5 Å². The highest BCUT2D eigenvalue weighted by Gasteiger charge is 2.49. The number of carbonyl (C=O) groups is 1. The number of ether oxygens (including phenoxy) is 1. The highest BCUT2D eigenvalue weighted by molar-refractivity contribution is 6.31. The molecule has 2 aromatic heterocycles. The van der Waals surface area contributed by atoms with Crippen LogP contribution in [0.2, 0.25) is 5.02 Å². The lowest BCUT2D eigenvalue weighted by atomic mass is 9.95. The van der Waals surface area contributed by atoms with Gasteiger partial charge in [0.15, 0.2) is 5.82 Å². The zero-order valence-corrected chi connectivity index (χ0v) is 28.6. The number of likely N-dealkylation sites (N-methyl/N-ethyl adjacent to an activating group) is 1. The van der Waals surface area contributed by atoms with Crippen LogP contribution in [0.3, 0.4) is 0 Å². The standard InChI is InChI=1S/C35H36ClF5N8O2/c1-46-13-9-22(46)6-7-27(50)49-15-14-47(19-23(49)8-11-42)32-25-17-43-30(24-4-2-5-26(36)28(24)35(39,40)41)29(38)31(25)44-33(45-32)51-20-34-10-3-12-48(34)18-21(37)16-34/h2,4-7,17,21-23H,3,8-10,12-16,18-20H2,1H3/b7-6+/t21-,22+,23+,34+/m1/s1. The fourth-order valence-electron chi connectivity index (χ4n) is 7.86. The quantitative estimate of drug-likeness (QED) is 0.215. The molecular weight excluding hydrogens is 695 g/mol. The fourth-order valence-corrected chi connectivity index (χ4v) is 8.14. The summed E-state index contributed by atoms with van der Waals surface area (Å²) in [4.78, 5) is 34.0. The number of nitrogens with zero attached hydrogens (tertiary/aromatic N) is 8. The van der Waals surface area contributed by atoms with Crippen molar-refractivity contribution < 1.29 is 31.5 Å². The van der Waals surface area contributed by atoms with Crippen molar-refractivity contribution in [3.63, 3.8) is 0 Å². The van der Waals surface area contributed by atoms with Crippen molar-refractivity contribution in [3.8, 4) is 23.3 Å². The van der Waals surface area contributed by atoms with E-state index in [1.165, 1.54) is 18.3 Å². The molecule has 4 aliphatic heterocycles. The third-order valence-corrected chi connectivity index (χ3v) is 10.9. The predicted molar refractivity (Wildman–Crippen MR) is 179 cm³/mol. The van der Waals surface area contributed by atoms with E-state index in [0.29, 0.717) is 13.0 Å². The van der Waals surface area contributed by atoms with Gasteiger partial charge in [0.05, 0.1) is 40.0 Å². The number of rotatable bonds is 8. The third-order valence-electron chi connectivity index (χ3n) is 10.6. The van der Waals surface area contributed by atoms with E-state index in [2.05, 4.69) is 25.9 Å². The summed E-state index contributed by atoms with van der Waals surface area (Å²) in [6.07, 6.45) is 1.48. The number of alkyl halides is 4. The van der Waals surface area contributed by atoms with Crippen molar-refractivity contribution >= 4 is 34.2 Å². The van der Waals surface area contributed by atoms with Gasteiger partial charge in [-0.2, -0.15) is 28.4 Å². The molecule has 4 atom stereocenters. The number of benzene rings is 1. The number of likely N-dealkylation sites (tertiary alicyclic amines) is 1. The second-order valence-corrected chi connectivity index (χ2v) is 14.1. The number of pyridine rings is 1. The highest BCUT2D eigenvalue weighted by Crippen LogP contribution is 2.44. The van der Waals surface area contributed by atoms with E-state index in [9.17, 15) is 27.6 Å². The van der Waals surface area contributed by atoms with Gasteiger partial charge in [-0.25, -0.2) is 8.78 Å². The largest absolute Gasteiger partial charge is 0.461 e. The van der Waals surface area contributed by atoms with Crippen LogP contribution in [0.1, 0.15) is 37.7 Å². The molecule has 3 aromatic rings. The average Bonchev–Trinajstić information content (AvgIpc) is 3.61.